The van der Waals surface area contributed by atoms with Gasteiger partial charge in [-0.15, -0.1) is 0 Å². The van der Waals surface area contributed by atoms with Crippen LogP contribution in [0.4, 0.5) is 23.5 Å². The third-order valence-electron chi connectivity index (χ3n) is 5.77. The van der Waals surface area contributed by atoms with E-state index < -0.39 is 20.1 Å². The van der Waals surface area contributed by atoms with Gasteiger partial charge in [-0.25, -0.2) is 8.42 Å². The van der Waals surface area contributed by atoms with Crippen LogP contribution in [0.3, 0.4) is 0 Å². The van der Waals surface area contributed by atoms with Crippen molar-refractivity contribution in [2.24, 2.45) is 0 Å². The van der Waals surface area contributed by atoms with Crippen molar-refractivity contribution in [1.82, 2.24) is 24.3 Å². The predicted molar refractivity (Wildman–Crippen MR) is 129 cm³/mol. The lowest BCUT2D eigenvalue weighted by Crippen LogP contribution is -2.49. The third kappa shape index (κ3) is 6.33. The van der Waals surface area contributed by atoms with E-state index in [2.05, 4.69) is 20.3 Å². The zero-order valence-corrected chi connectivity index (χ0v) is 21.0. The van der Waals surface area contributed by atoms with Gasteiger partial charge in [-0.2, -0.15) is 32.7 Å². The molecule has 0 bridgehead atoms. The number of piperazine rings is 2. The fourth-order valence-electron chi connectivity index (χ4n) is 3.85. The summed E-state index contributed by atoms with van der Waals surface area (Å²) < 4.78 is 57.6. The minimum absolute atomic E-state index is 0.192. The summed E-state index contributed by atoms with van der Waals surface area (Å²) in [4.78, 5) is 22.6. The highest BCUT2D eigenvalue weighted by Gasteiger charge is 2.27. The number of sulfonamides is 1. The second kappa shape index (κ2) is 10.2. The lowest BCUT2D eigenvalue weighted by molar-refractivity contribution is -0.133. The van der Waals surface area contributed by atoms with Gasteiger partial charge in [0.15, 0.2) is 0 Å². The van der Waals surface area contributed by atoms with Gasteiger partial charge in [-0.1, -0.05) is 6.07 Å². The number of hydrogen-bond acceptors (Lipinski definition) is 12. The van der Waals surface area contributed by atoms with E-state index in [-0.39, 0.29) is 10.8 Å². The van der Waals surface area contributed by atoms with Crippen LogP contribution >= 0.6 is 0 Å². The Labute approximate surface area is 204 Å². The smallest absolute Gasteiger partial charge is 0.294 e. The standard InChI is InChI=1S/C19H28N8O6S2/c1-33-26-10-6-24(7-11-26)18-21-17(20-15-4-3-5-16(14-15)35(30,31)32)22-19(23-18)25-8-12-27(13-9-25)34(2,28)29/h3-5,14H,6-13H2,1-2H3,(H,30,31,32)(H,20,21,22,23). The van der Waals surface area contributed by atoms with Crippen LogP contribution in [0, 0.1) is 0 Å². The molecule has 0 amide bonds. The summed E-state index contributed by atoms with van der Waals surface area (Å²) in [5, 5.41) is 4.83. The molecule has 192 valence electrons. The third-order valence-corrected chi connectivity index (χ3v) is 7.92. The van der Waals surface area contributed by atoms with Crippen molar-refractivity contribution < 1.29 is 26.2 Å². The van der Waals surface area contributed by atoms with Crippen molar-refractivity contribution in [1.29, 1.82) is 0 Å². The highest BCUT2D eigenvalue weighted by atomic mass is 32.2. The molecule has 2 saturated heterocycles. The summed E-state index contributed by atoms with van der Waals surface area (Å²) >= 11 is 0. The monoisotopic (exact) mass is 528 g/mol. The summed E-state index contributed by atoms with van der Waals surface area (Å²) in [7, 11) is -6.04. The molecule has 0 atom stereocenters. The van der Waals surface area contributed by atoms with Gasteiger partial charge in [0, 0.05) is 58.0 Å². The lowest BCUT2D eigenvalue weighted by atomic mass is 10.3. The molecule has 2 aromatic rings. The molecular formula is C19H28N8O6S2. The molecule has 2 N–H and O–H groups in total. The van der Waals surface area contributed by atoms with Gasteiger partial charge in [-0.3, -0.25) is 4.55 Å². The van der Waals surface area contributed by atoms with Crippen LogP contribution < -0.4 is 15.1 Å². The number of hydrogen-bond donors (Lipinski definition) is 2. The number of hydroxylamine groups is 2. The first-order valence-electron chi connectivity index (χ1n) is 10.9. The highest BCUT2D eigenvalue weighted by molar-refractivity contribution is 7.88. The minimum Gasteiger partial charge on any atom is -0.338 e. The molecule has 2 fully saturated rings. The summed E-state index contributed by atoms with van der Waals surface area (Å²) in [5.41, 5.74) is 0.370. The fraction of sp³-hybridized carbons (Fsp3) is 0.526. The van der Waals surface area contributed by atoms with E-state index in [4.69, 9.17) is 4.84 Å². The lowest BCUT2D eigenvalue weighted by Gasteiger charge is -2.35. The van der Waals surface area contributed by atoms with Crippen molar-refractivity contribution in [3.8, 4) is 0 Å². The molecule has 35 heavy (non-hydrogen) atoms. The second-order valence-electron chi connectivity index (χ2n) is 8.13. The molecule has 2 aliphatic rings. The molecule has 4 rings (SSSR count). The Morgan fingerprint density at radius 2 is 1.46 bits per heavy atom. The van der Waals surface area contributed by atoms with Crippen LogP contribution in [0.2, 0.25) is 0 Å². The molecule has 1 aromatic heterocycles. The zero-order valence-electron chi connectivity index (χ0n) is 19.4. The zero-order chi connectivity index (χ0) is 25.2. The molecule has 0 spiro atoms. The SMILES string of the molecule is CON1CCN(c2nc(Nc3cccc(S(=O)(=O)O)c3)nc(N3CCN(S(C)(=O)=O)CC3)n2)CC1. The molecule has 16 heteroatoms. The van der Waals surface area contributed by atoms with E-state index in [1.807, 2.05) is 14.9 Å². The van der Waals surface area contributed by atoms with Crippen LogP contribution in [0.25, 0.3) is 0 Å². The molecule has 2 aliphatic heterocycles. The number of benzene rings is 1. The van der Waals surface area contributed by atoms with Crippen LogP contribution in [0.15, 0.2) is 29.2 Å². The Bertz CT molecular complexity index is 1260. The molecule has 0 unspecified atom stereocenters. The number of nitrogens with one attached hydrogen (secondary N) is 1. The molecule has 0 aliphatic carbocycles. The van der Waals surface area contributed by atoms with Gasteiger partial charge >= 0.3 is 0 Å². The van der Waals surface area contributed by atoms with Crippen LogP contribution in [0.5, 0.6) is 0 Å². The molecule has 1 aromatic carbocycles. The quantitative estimate of drug-likeness (QED) is 0.448. The van der Waals surface area contributed by atoms with Crippen molar-refractivity contribution >= 4 is 43.7 Å². The maximum Gasteiger partial charge on any atom is 0.294 e. The number of nitrogens with zero attached hydrogens (tertiary/aromatic N) is 7. The van der Waals surface area contributed by atoms with Gasteiger partial charge in [0.2, 0.25) is 27.9 Å². The number of anilines is 4. The second-order valence-corrected chi connectivity index (χ2v) is 11.5. The predicted octanol–water partition coefficient (Wildman–Crippen LogP) is -0.373. The average Bonchev–Trinajstić information content (AvgIpc) is 2.83. The van der Waals surface area contributed by atoms with Gasteiger partial charge < -0.3 is 20.0 Å². The Hall–Kier alpha value is -2.63. The molecule has 0 saturated carbocycles. The summed E-state index contributed by atoms with van der Waals surface area (Å²) in [6.45, 7) is 4.00. The summed E-state index contributed by atoms with van der Waals surface area (Å²) in [6, 6.07) is 5.67. The van der Waals surface area contributed by atoms with Crippen LogP contribution in [-0.2, 0) is 25.0 Å². The first-order valence-corrected chi connectivity index (χ1v) is 14.2. The van der Waals surface area contributed by atoms with Gasteiger partial charge in [0.1, 0.15) is 0 Å². The summed E-state index contributed by atoms with van der Waals surface area (Å²) in [5.74, 6) is 1.01. The van der Waals surface area contributed by atoms with Crippen molar-refractivity contribution in [3.05, 3.63) is 24.3 Å². The van der Waals surface area contributed by atoms with Gasteiger partial charge in [0.05, 0.1) is 18.3 Å². The summed E-state index contributed by atoms with van der Waals surface area (Å²) in [6.07, 6.45) is 1.19. The van der Waals surface area contributed by atoms with E-state index in [0.717, 1.165) is 0 Å². The minimum atomic E-state index is -4.37. The first-order chi connectivity index (χ1) is 16.5. The Kier molecular flexibility index (Phi) is 7.39. The largest absolute Gasteiger partial charge is 0.338 e. The van der Waals surface area contributed by atoms with Crippen LogP contribution in [-0.4, -0.2) is 111 Å². The average molecular weight is 529 g/mol. The van der Waals surface area contributed by atoms with Crippen molar-refractivity contribution in [3.63, 3.8) is 0 Å². The Morgan fingerprint density at radius 1 is 0.886 bits per heavy atom. The van der Waals surface area contributed by atoms with E-state index in [0.29, 0.717) is 69.9 Å². The van der Waals surface area contributed by atoms with Crippen LogP contribution in [0.1, 0.15) is 0 Å². The normalized spacial score (nSPS) is 18.6. The van der Waals surface area contributed by atoms with Gasteiger partial charge in [0.25, 0.3) is 10.1 Å². The Morgan fingerprint density at radius 3 is 1.97 bits per heavy atom. The van der Waals surface area contributed by atoms with Crippen molar-refractivity contribution in [2.75, 3.05) is 80.8 Å². The van der Waals surface area contributed by atoms with Gasteiger partial charge in [-0.05, 0) is 18.2 Å². The van der Waals surface area contributed by atoms with E-state index in [9.17, 15) is 21.4 Å². The van der Waals surface area contributed by atoms with E-state index in [1.165, 1.54) is 28.8 Å². The number of rotatable bonds is 7. The maximum atomic E-state index is 11.9. The molecule has 14 nitrogen and oxygen atoms in total. The number of aromatic nitrogens is 3. The highest BCUT2D eigenvalue weighted by Crippen LogP contribution is 2.23. The maximum absolute atomic E-state index is 11.9. The van der Waals surface area contributed by atoms with E-state index in [1.54, 1.807) is 13.2 Å². The van der Waals surface area contributed by atoms with Crippen molar-refractivity contribution in [2.45, 2.75) is 4.90 Å². The Balaban J connectivity index is 1.62. The molecule has 0 radical (unpaired) electrons. The molecule has 3 heterocycles. The molecular weight excluding hydrogens is 500 g/mol. The first kappa shape index (κ1) is 25.5. The fourth-order valence-corrected chi connectivity index (χ4v) is 5.20. The van der Waals surface area contributed by atoms with E-state index >= 15 is 0 Å². The topological polar surface area (TPSA) is 161 Å².